The standard InChI is InChI=1S/C9H7BrFN3/c10-7-5-6(11)1-2-8(7)14-9-12-3-4-13-9/h1-5H,(H2,12,13,14). The third kappa shape index (κ3) is 1.93. The molecule has 2 rings (SSSR count). The highest BCUT2D eigenvalue weighted by molar-refractivity contribution is 9.10. The van der Waals surface area contributed by atoms with Crippen LogP contribution in [0.4, 0.5) is 16.0 Å². The van der Waals surface area contributed by atoms with Gasteiger partial charge >= 0.3 is 0 Å². The van der Waals surface area contributed by atoms with Gasteiger partial charge in [0.1, 0.15) is 5.82 Å². The predicted molar refractivity (Wildman–Crippen MR) is 56.0 cm³/mol. The van der Waals surface area contributed by atoms with E-state index in [4.69, 9.17) is 0 Å². The summed E-state index contributed by atoms with van der Waals surface area (Å²) >= 11 is 3.25. The van der Waals surface area contributed by atoms with Crippen LogP contribution in [0.3, 0.4) is 0 Å². The molecule has 0 fully saturated rings. The summed E-state index contributed by atoms with van der Waals surface area (Å²) in [6.45, 7) is 0. The molecule has 0 amide bonds. The topological polar surface area (TPSA) is 40.7 Å². The van der Waals surface area contributed by atoms with E-state index in [1.54, 1.807) is 18.5 Å². The number of hydrogen-bond donors (Lipinski definition) is 2. The van der Waals surface area contributed by atoms with E-state index in [9.17, 15) is 4.39 Å². The second-order valence-corrected chi connectivity index (χ2v) is 3.54. The first-order valence-electron chi connectivity index (χ1n) is 3.97. The molecule has 0 atom stereocenters. The first kappa shape index (κ1) is 9.21. The average molecular weight is 256 g/mol. The van der Waals surface area contributed by atoms with Crippen LogP contribution in [0.2, 0.25) is 0 Å². The van der Waals surface area contributed by atoms with Crippen molar-refractivity contribution in [2.24, 2.45) is 0 Å². The van der Waals surface area contributed by atoms with Crippen LogP contribution in [-0.2, 0) is 0 Å². The quantitative estimate of drug-likeness (QED) is 0.866. The van der Waals surface area contributed by atoms with Crippen molar-refractivity contribution in [2.75, 3.05) is 5.32 Å². The highest BCUT2D eigenvalue weighted by Gasteiger charge is 2.02. The fourth-order valence-corrected chi connectivity index (χ4v) is 1.50. The number of benzene rings is 1. The van der Waals surface area contributed by atoms with Crippen molar-refractivity contribution in [3.63, 3.8) is 0 Å². The van der Waals surface area contributed by atoms with Crippen molar-refractivity contribution in [3.8, 4) is 0 Å². The Balaban J connectivity index is 2.25. The van der Waals surface area contributed by atoms with Gasteiger partial charge in [-0.3, -0.25) is 0 Å². The van der Waals surface area contributed by atoms with Gasteiger partial charge in [-0.05, 0) is 34.1 Å². The van der Waals surface area contributed by atoms with Crippen LogP contribution in [0.5, 0.6) is 0 Å². The van der Waals surface area contributed by atoms with Gasteiger partial charge in [0.2, 0.25) is 5.95 Å². The summed E-state index contributed by atoms with van der Waals surface area (Å²) in [7, 11) is 0. The van der Waals surface area contributed by atoms with E-state index < -0.39 is 0 Å². The zero-order valence-electron chi connectivity index (χ0n) is 7.09. The van der Waals surface area contributed by atoms with Gasteiger partial charge in [-0.2, -0.15) is 0 Å². The summed E-state index contributed by atoms with van der Waals surface area (Å²) < 4.78 is 13.4. The lowest BCUT2D eigenvalue weighted by Gasteiger charge is -2.04. The van der Waals surface area contributed by atoms with Crippen molar-refractivity contribution < 1.29 is 4.39 Å². The summed E-state index contributed by atoms with van der Waals surface area (Å²) in [4.78, 5) is 6.88. The van der Waals surface area contributed by atoms with Gasteiger partial charge in [-0.15, -0.1) is 0 Å². The Bertz CT molecular complexity index is 428. The molecule has 14 heavy (non-hydrogen) atoms. The normalized spacial score (nSPS) is 10.1. The Morgan fingerprint density at radius 2 is 2.29 bits per heavy atom. The minimum atomic E-state index is -0.276. The lowest BCUT2D eigenvalue weighted by Crippen LogP contribution is -1.93. The van der Waals surface area contributed by atoms with Crippen molar-refractivity contribution in [1.29, 1.82) is 0 Å². The molecule has 1 heterocycles. The zero-order chi connectivity index (χ0) is 9.97. The number of anilines is 2. The minimum Gasteiger partial charge on any atom is -0.331 e. The summed E-state index contributed by atoms with van der Waals surface area (Å²) in [6, 6.07) is 4.42. The third-order valence-electron chi connectivity index (χ3n) is 1.68. The maximum atomic E-state index is 12.7. The van der Waals surface area contributed by atoms with Crippen molar-refractivity contribution in [3.05, 3.63) is 40.9 Å². The lowest BCUT2D eigenvalue weighted by atomic mass is 10.3. The first-order valence-corrected chi connectivity index (χ1v) is 4.76. The SMILES string of the molecule is Fc1ccc(Nc2ncc[nH]2)c(Br)c1. The van der Waals surface area contributed by atoms with Crippen molar-refractivity contribution in [1.82, 2.24) is 9.97 Å². The van der Waals surface area contributed by atoms with Crippen LogP contribution in [0.15, 0.2) is 35.1 Å². The number of halogens is 2. The van der Waals surface area contributed by atoms with Crippen LogP contribution in [0.25, 0.3) is 0 Å². The van der Waals surface area contributed by atoms with Crippen molar-refractivity contribution in [2.45, 2.75) is 0 Å². The second-order valence-electron chi connectivity index (χ2n) is 2.69. The average Bonchev–Trinajstić information content (AvgIpc) is 2.62. The number of aromatic amines is 1. The van der Waals surface area contributed by atoms with E-state index in [0.717, 1.165) is 5.69 Å². The lowest BCUT2D eigenvalue weighted by molar-refractivity contribution is 0.627. The molecule has 0 unspecified atom stereocenters. The smallest absolute Gasteiger partial charge is 0.204 e. The third-order valence-corrected chi connectivity index (χ3v) is 2.34. The summed E-state index contributed by atoms with van der Waals surface area (Å²) in [5, 5.41) is 3.00. The van der Waals surface area contributed by atoms with Gasteiger partial charge in [-0.1, -0.05) is 0 Å². The van der Waals surface area contributed by atoms with Crippen LogP contribution in [0.1, 0.15) is 0 Å². The number of hydrogen-bond acceptors (Lipinski definition) is 2. The van der Waals surface area contributed by atoms with Crippen molar-refractivity contribution >= 4 is 27.6 Å². The zero-order valence-corrected chi connectivity index (χ0v) is 8.68. The Labute approximate surface area is 88.5 Å². The van der Waals surface area contributed by atoms with Gasteiger partial charge in [0.25, 0.3) is 0 Å². The molecule has 0 radical (unpaired) electrons. The van der Waals surface area contributed by atoms with E-state index in [0.29, 0.717) is 10.4 Å². The van der Waals surface area contributed by atoms with Crippen LogP contribution >= 0.6 is 15.9 Å². The molecule has 1 aromatic heterocycles. The van der Waals surface area contributed by atoms with Gasteiger partial charge in [-0.25, -0.2) is 9.37 Å². The molecule has 0 saturated carbocycles. The minimum absolute atomic E-state index is 0.276. The molecule has 0 aliphatic heterocycles. The molecule has 0 aliphatic rings. The Morgan fingerprint density at radius 1 is 1.43 bits per heavy atom. The molecule has 0 aliphatic carbocycles. The van der Waals surface area contributed by atoms with E-state index in [-0.39, 0.29) is 5.82 Å². The van der Waals surface area contributed by atoms with Crippen LogP contribution < -0.4 is 5.32 Å². The molecule has 1 aromatic carbocycles. The summed E-state index contributed by atoms with van der Waals surface area (Å²) in [5.74, 6) is 0.346. The van der Waals surface area contributed by atoms with Gasteiger partial charge in [0, 0.05) is 16.9 Å². The highest BCUT2D eigenvalue weighted by Crippen LogP contribution is 2.24. The number of rotatable bonds is 2. The van der Waals surface area contributed by atoms with Gasteiger partial charge < -0.3 is 10.3 Å². The van der Waals surface area contributed by atoms with Crippen LogP contribution in [-0.4, -0.2) is 9.97 Å². The number of aromatic nitrogens is 2. The second kappa shape index (κ2) is 3.79. The Hall–Kier alpha value is -1.36. The molecule has 0 bridgehead atoms. The molecule has 2 N–H and O–H groups in total. The number of imidazole rings is 1. The first-order chi connectivity index (χ1) is 6.75. The molecule has 72 valence electrons. The summed E-state index contributed by atoms with van der Waals surface area (Å²) in [6.07, 6.45) is 3.35. The maximum absolute atomic E-state index is 12.7. The van der Waals surface area contributed by atoms with Gasteiger partial charge in [0.05, 0.1) is 5.69 Å². The summed E-state index contributed by atoms with van der Waals surface area (Å²) in [5.41, 5.74) is 0.765. The molecule has 0 saturated heterocycles. The maximum Gasteiger partial charge on any atom is 0.204 e. The molecule has 2 aromatic rings. The highest BCUT2D eigenvalue weighted by atomic mass is 79.9. The Kier molecular flexibility index (Phi) is 2.49. The van der Waals surface area contributed by atoms with E-state index in [1.165, 1.54) is 12.1 Å². The molecular weight excluding hydrogens is 249 g/mol. The predicted octanol–water partition coefficient (Wildman–Crippen LogP) is 3.05. The Morgan fingerprint density at radius 3 is 2.93 bits per heavy atom. The molecular formula is C9H7BrFN3. The molecule has 0 spiro atoms. The van der Waals surface area contributed by atoms with Gasteiger partial charge in [0.15, 0.2) is 0 Å². The monoisotopic (exact) mass is 255 g/mol. The fraction of sp³-hybridized carbons (Fsp3) is 0. The molecule has 5 heteroatoms. The fourth-order valence-electron chi connectivity index (χ4n) is 1.05. The number of nitrogens with zero attached hydrogens (tertiary/aromatic N) is 1. The number of nitrogens with one attached hydrogen (secondary N) is 2. The largest absolute Gasteiger partial charge is 0.331 e. The number of H-pyrrole nitrogens is 1. The van der Waals surface area contributed by atoms with E-state index >= 15 is 0 Å². The van der Waals surface area contributed by atoms with E-state index in [2.05, 4.69) is 31.2 Å². The molecule has 3 nitrogen and oxygen atoms in total. The van der Waals surface area contributed by atoms with Crippen LogP contribution in [0, 0.1) is 5.82 Å². The van der Waals surface area contributed by atoms with E-state index in [1.807, 2.05) is 0 Å².